The second kappa shape index (κ2) is 7.33. The van der Waals surface area contributed by atoms with E-state index in [2.05, 4.69) is 39.9 Å². The van der Waals surface area contributed by atoms with Crippen molar-refractivity contribution in [2.24, 2.45) is 0 Å². The number of aromatic nitrogens is 2. The molecule has 1 aliphatic carbocycles. The summed E-state index contributed by atoms with van der Waals surface area (Å²) in [5, 5.41) is 6.80. The van der Waals surface area contributed by atoms with Crippen molar-refractivity contribution in [2.45, 2.75) is 44.6 Å². The lowest BCUT2D eigenvalue weighted by atomic mass is 9.64. The number of hydrogen-bond donors (Lipinski definition) is 2. The third-order valence-electron chi connectivity index (χ3n) is 5.54. The SMILES string of the molecule is CC(C)OCCNc1ncc2c(n1)-c1ccccc1C1(CCNCC1)C2. The summed E-state index contributed by atoms with van der Waals surface area (Å²) in [5.41, 5.74) is 5.33. The molecular formula is C21H28N4O. The summed E-state index contributed by atoms with van der Waals surface area (Å²) in [6.45, 7) is 7.63. The molecule has 0 amide bonds. The number of nitrogens with zero attached hydrogens (tertiary/aromatic N) is 2. The van der Waals surface area contributed by atoms with Crippen LogP contribution in [0.4, 0.5) is 5.95 Å². The van der Waals surface area contributed by atoms with E-state index in [0.29, 0.717) is 19.1 Å². The van der Waals surface area contributed by atoms with E-state index < -0.39 is 0 Å². The highest BCUT2D eigenvalue weighted by Gasteiger charge is 2.40. The molecule has 138 valence electrons. The minimum Gasteiger partial charge on any atom is -0.377 e. The van der Waals surface area contributed by atoms with Crippen LogP contribution in [0.5, 0.6) is 0 Å². The fourth-order valence-electron chi connectivity index (χ4n) is 4.28. The van der Waals surface area contributed by atoms with E-state index in [1.165, 1.54) is 29.5 Å². The molecule has 1 aromatic carbocycles. The molecular weight excluding hydrogens is 324 g/mol. The fourth-order valence-corrected chi connectivity index (χ4v) is 4.28. The average Bonchev–Trinajstić information content (AvgIpc) is 2.66. The van der Waals surface area contributed by atoms with Crippen LogP contribution in [0.2, 0.25) is 0 Å². The molecule has 0 atom stereocenters. The highest BCUT2D eigenvalue weighted by atomic mass is 16.5. The van der Waals surface area contributed by atoms with Crippen LogP contribution in [0.25, 0.3) is 11.3 Å². The summed E-state index contributed by atoms with van der Waals surface area (Å²) in [4.78, 5) is 9.42. The molecule has 2 N–H and O–H groups in total. The smallest absolute Gasteiger partial charge is 0.223 e. The molecule has 5 nitrogen and oxygen atoms in total. The summed E-state index contributed by atoms with van der Waals surface area (Å²) in [6, 6.07) is 8.80. The standard InChI is InChI=1S/C21H28N4O/c1-15(2)26-12-11-23-20-24-14-16-13-21(7-9-22-10-8-21)18-6-4-3-5-17(18)19(16)25-20/h3-6,14-15,22H,7-13H2,1-2H3,(H,23,24,25). The molecule has 2 heterocycles. The largest absolute Gasteiger partial charge is 0.377 e. The Morgan fingerprint density at radius 1 is 1.23 bits per heavy atom. The molecule has 1 saturated heterocycles. The van der Waals surface area contributed by atoms with E-state index in [1.807, 2.05) is 20.0 Å². The normalized spacial score (nSPS) is 17.8. The molecule has 0 unspecified atom stereocenters. The number of benzene rings is 1. The zero-order valence-electron chi connectivity index (χ0n) is 15.7. The molecule has 1 aliphatic heterocycles. The second-order valence-electron chi connectivity index (χ2n) is 7.67. The number of anilines is 1. The van der Waals surface area contributed by atoms with Crippen LogP contribution in [0.3, 0.4) is 0 Å². The van der Waals surface area contributed by atoms with Gasteiger partial charge in [0.15, 0.2) is 0 Å². The number of fused-ring (bicyclic) bond motifs is 4. The lowest BCUT2D eigenvalue weighted by Crippen LogP contribution is -2.43. The molecule has 0 saturated carbocycles. The molecule has 2 aromatic rings. The highest BCUT2D eigenvalue weighted by molar-refractivity contribution is 5.72. The summed E-state index contributed by atoms with van der Waals surface area (Å²) < 4.78 is 5.58. The van der Waals surface area contributed by atoms with Crippen LogP contribution in [0.15, 0.2) is 30.5 Å². The predicted molar refractivity (Wildman–Crippen MR) is 105 cm³/mol. The van der Waals surface area contributed by atoms with Gasteiger partial charge >= 0.3 is 0 Å². The summed E-state index contributed by atoms with van der Waals surface area (Å²) in [7, 11) is 0. The number of rotatable bonds is 5. The van der Waals surface area contributed by atoms with Gasteiger partial charge in [0.1, 0.15) is 0 Å². The third kappa shape index (κ3) is 3.33. The predicted octanol–water partition coefficient (Wildman–Crippen LogP) is 3.16. The molecule has 0 radical (unpaired) electrons. The van der Waals surface area contributed by atoms with E-state index >= 15 is 0 Å². The van der Waals surface area contributed by atoms with Crippen molar-refractivity contribution in [1.29, 1.82) is 0 Å². The van der Waals surface area contributed by atoms with Gasteiger partial charge in [0.05, 0.1) is 18.4 Å². The summed E-state index contributed by atoms with van der Waals surface area (Å²) in [5.74, 6) is 0.687. The van der Waals surface area contributed by atoms with Crippen LogP contribution in [-0.2, 0) is 16.6 Å². The first kappa shape index (κ1) is 17.4. The Kier molecular flexibility index (Phi) is 4.92. The first-order valence-electron chi connectivity index (χ1n) is 9.70. The molecule has 26 heavy (non-hydrogen) atoms. The van der Waals surface area contributed by atoms with Crippen molar-refractivity contribution in [3.8, 4) is 11.3 Å². The van der Waals surface area contributed by atoms with Crippen LogP contribution < -0.4 is 10.6 Å². The van der Waals surface area contributed by atoms with E-state index in [0.717, 1.165) is 25.2 Å². The summed E-state index contributed by atoms with van der Waals surface area (Å²) in [6.07, 6.45) is 5.66. The number of hydrogen-bond acceptors (Lipinski definition) is 5. The number of nitrogens with one attached hydrogen (secondary N) is 2. The molecule has 5 heteroatoms. The van der Waals surface area contributed by atoms with Gasteiger partial charge in [-0.2, -0.15) is 0 Å². The maximum absolute atomic E-state index is 5.58. The lowest BCUT2D eigenvalue weighted by molar-refractivity contribution is 0.0870. The Hall–Kier alpha value is -1.98. The highest BCUT2D eigenvalue weighted by Crippen LogP contribution is 2.46. The monoisotopic (exact) mass is 352 g/mol. The van der Waals surface area contributed by atoms with Crippen LogP contribution >= 0.6 is 0 Å². The van der Waals surface area contributed by atoms with Gasteiger partial charge in [-0.05, 0) is 57.3 Å². The molecule has 0 bridgehead atoms. The van der Waals surface area contributed by atoms with E-state index in [1.54, 1.807) is 0 Å². The maximum atomic E-state index is 5.58. The molecule has 1 aromatic heterocycles. The van der Waals surface area contributed by atoms with Crippen LogP contribution in [-0.4, -0.2) is 42.3 Å². The van der Waals surface area contributed by atoms with E-state index in [4.69, 9.17) is 9.72 Å². The van der Waals surface area contributed by atoms with Crippen molar-refractivity contribution in [2.75, 3.05) is 31.6 Å². The van der Waals surface area contributed by atoms with Crippen molar-refractivity contribution in [1.82, 2.24) is 15.3 Å². The van der Waals surface area contributed by atoms with Gasteiger partial charge < -0.3 is 15.4 Å². The summed E-state index contributed by atoms with van der Waals surface area (Å²) >= 11 is 0. The Morgan fingerprint density at radius 3 is 2.85 bits per heavy atom. The molecule has 1 fully saturated rings. The Balaban J connectivity index is 1.61. The number of piperidine rings is 1. The quantitative estimate of drug-likeness (QED) is 0.810. The Morgan fingerprint density at radius 2 is 2.04 bits per heavy atom. The van der Waals surface area contributed by atoms with E-state index in [9.17, 15) is 0 Å². The van der Waals surface area contributed by atoms with Crippen LogP contribution in [0.1, 0.15) is 37.8 Å². The van der Waals surface area contributed by atoms with Gasteiger partial charge in [0.2, 0.25) is 5.95 Å². The first-order valence-corrected chi connectivity index (χ1v) is 9.70. The van der Waals surface area contributed by atoms with Gasteiger partial charge in [-0.1, -0.05) is 24.3 Å². The van der Waals surface area contributed by atoms with Gasteiger partial charge in [-0.25, -0.2) is 9.97 Å². The minimum atomic E-state index is 0.234. The maximum Gasteiger partial charge on any atom is 0.223 e. The van der Waals surface area contributed by atoms with Crippen LogP contribution in [0, 0.1) is 0 Å². The van der Waals surface area contributed by atoms with Gasteiger partial charge in [-0.15, -0.1) is 0 Å². The van der Waals surface area contributed by atoms with Gasteiger partial charge in [0.25, 0.3) is 0 Å². The zero-order valence-corrected chi connectivity index (χ0v) is 15.7. The first-order chi connectivity index (χ1) is 12.7. The van der Waals surface area contributed by atoms with Crippen molar-refractivity contribution in [3.63, 3.8) is 0 Å². The number of ether oxygens (including phenoxy) is 1. The van der Waals surface area contributed by atoms with Crippen molar-refractivity contribution < 1.29 is 4.74 Å². The molecule has 1 spiro atoms. The average molecular weight is 352 g/mol. The Labute approximate surface area is 155 Å². The van der Waals surface area contributed by atoms with Gasteiger partial charge in [0, 0.05) is 23.7 Å². The minimum absolute atomic E-state index is 0.234. The van der Waals surface area contributed by atoms with E-state index in [-0.39, 0.29) is 11.5 Å². The lowest BCUT2D eigenvalue weighted by Gasteiger charge is -2.42. The second-order valence-corrected chi connectivity index (χ2v) is 7.67. The van der Waals surface area contributed by atoms with Gasteiger partial charge in [-0.3, -0.25) is 0 Å². The zero-order chi connectivity index (χ0) is 18.0. The Bertz CT molecular complexity index is 768. The topological polar surface area (TPSA) is 59.1 Å². The molecule has 2 aliphatic rings. The van der Waals surface area contributed by atoms with Crippen molar-refractivity contribution >= 4 is 5.95 Å². The molecule has 4 rings (SSSR count). The fraction of sp³-hybridized carbons (Fsp3) is 0.524. The van der Waals surface area contributed by atoms with Crippen molar-refractivity contribution in [3.05, 3.63) is 41.6 Å². The third-order valence-corrected chi connectivity index (χ3v) is 5.54.